The Kier molecular flexibility index (Phi) is 3.84. The van der Waals surface area contributed by atoms with Gasteiger partial charge in [-0.3, -0.25) is 10.1 Å². The van der Waals surface area contributed by atoms with Gasteiger partial charge in [0, 0.05) is 23.9 Å². The van der Waals surface area contributed by atoms with E-state index in [-0.39, 0.29) is 10.6 Å². The maximum Gasteiger partial charge on any atom is 0.271 e. The van der Waals surface area contributed by atoms with E-state index in [1.165, 1.54) is 18.9 Å². The summed E-state index contributed by atoms with van der Waals surface area (Å²) in [4.78, 5) is 10.4. The summed E-state index contributed by atoms with van der Waals surface area (Å²) < 4.78 is 0. The van der Waals surface area contributed by atoms with E-state index >= 15 is 0 Å². The van der Waals surface area contributed by atoms with Crippen molar-refractivity contribution in [2.24, 2.45) is 11.8 Å². The molecular weight excluding hydrogens is 228 g/mol. The Morgan fingerprint density at radius 2 is 2.11 bits per heavy atom. The van der Waals surface area contributed by atoms with Crippen molar-refractivity contribution in [1.29, 1.82) is 0 Å². The third-order valence-corrected chi connectivity index (χ3v) is 4.12. The fourth-order valence-electron chi connectivity index (χ4n) is 2.71. The minimum Gasteiger partial charge on any atom is -0.382 e. The minimum absolute atomic E-state index is 0.150. The number of hydrogen-bond donors (Lipinski definition) is 1. The highest BCUT2D eigenvalue weighted by Crippen LogP contribution is 2.32. The molecule has 1 N–H and O–H groups in total. The summed E-state index contributed by atoms with van der Waals surface area (Å²) in [5.41, 5.74) is 1.01. The lowest BCUT2D eigenvalue weighted by Gasteiger charge is -2.35. The lowest BCUT2D eigenvalue weighted by molar-refractivity contribution is -0.384. The molecular formula is C14H20N2O2. The lowest BCUT2D eigenvalue weighted by Crippen LogP contribution is -2.34. The van der Waals surface area contributed by atoms with Crippen molar-refractivity contribution in [3.8, 4) is 0 Å². The second kappa shape index (κ2) is 5.38. The van der Waals surface area contributed by atoms with E-state index < -0.39 is 0 Å². The SMILES string of the molecule is CC1CCCC(Nc2cccc([N+](=O)[O-])c2)C1C. The monoisotopic (exact) mass is 248 g/mol. The first-order valence-electron chi connectivity index (χ1n) is 6.59. The van der Waals surface area contributed by atoms with E-state index in [1.54, 1.807) is 12.1 Å². The number of nitro benzene ring substituents is 1. The fourth-order valence-corrected chi connectivity index (χ4v) is 2.71. The van der Waals surface area contributed by atoms with Gasteiger partial charge in [-0.05, 0) is 24.3 Å². The maximum atomic E-state index is 10.7. The Hall–Kier alpha value is -1.58. The number of non-ortho nitro benzene ring substituents is 1. The lowest BCUT2D eigenvalue weighted by atomic mass is 9.78. The summed E-state index contributed by atoms with van der Waals surface area (Å²) in [6, 6.07) is 7.20. The quantitative estimate of drug-likeness (QED) is 0.653. The average molecular weight is 248 g/mol. The molecule has 4 nitrogen and oxygen atoms in total. The van der Waals surface area contributed by atoms with Crippen molar-refractivity contribution in [1.82, 2.24) is 0 Å². The molecule has 1 saturated carbocycles. The van der Waals surface area contributed by atoms with Gasteiger partial charge in [-0.15, -0.1) is 0 Å². The third-order valence-electron chi connectivity index (χ3n) is 4.12. The van der Waals surface area contributed by atoms with Crippen molar-refractivity contribution < 1.29 is 4.92 Å². The van der Waals surface area contributed by atoms with Gasteiger partial charge in [0.15, 0.2) is 0 Å². The van der Waals surface area contributed by atoms with E-state index in [2.05, 4.69) is 19.2 Å². The largest absolute Gasteiger partial charge is 0.382 e. The summed E-state index contributed by atoms with van der Waals surface area (Å²) in [5, 5.41) is 14.2. The molecule has 0 radical (unpaired) electrons. The van der Waals surface area contributed by atoms with Crippen LogP contribution >= 0.6 is 0 Å². The molecule has 2 rings (SSSR count). The molecule has 1 fully saturated rings. The zero-order valence-corrected chi connectivity index (χ0v) is 10.9. The van der Waals surface area contributed by atoms with E-state index in [9.17, 15) is 10.1 Å². The molecule has 0 saturated heterocycles. The highest BCUT2D eigenvalue weighted by molar-refractivity contribution is 5.51. The Balaban J connectivity index is 2.08. The molecule has 1 aromatic rings. The van der Waals surface area contributed by atoms with Crippen LogP contribution in [0.4, 0.5) is 11.4 Å². The molecule has 0 bridgehead atoms. The normalized spacial score (nSPS) is 27.8. The smallest absolute Gasteiger partial charge is 0.271 e. The number of anilines is 1. The summed E-state index contributed by atoms with van der Waals surface area (Å²) >= 11 is 0. The van der Waals surface area contributed by atoms with E-state index in [1.807, 2.05) is 6.07 Å². The van der Waals surface area contributed by atoms with Gasteiger partial charge >= 0.3 is 0 Å². The minimum atomic E-state index is -0.349. The summed E-state index contributed by atoms with van der Waals surface area (Å²) in [7, 11) is 0. The number of rotatable bonds is 3. The second-order valence-corrected chi connectivity index (χ2v) is 5.33. The molecule has 98 valence electrons. The molecule has 3 unspecified atom stereocenters. The Morgan fingerprint density at radius 1 is 1.33 bits per heavy atom. The molecule has 1 aliphatic carbocycles. The van der Waals surface area contributed by atoms with Gasteiger partial charge in [-0.25, -0.2) is 0 Å². The average Bonchev–Trinajstić information content (AvgIpc) is 2.35. The summed E-state index contributed by atoms with van der Waals surface area (Å²) in [6.07, 6.45) is 3.67. The third kappa shape index (κ3) is 2.81. The van der Waals surface area contributed by atoms with Crippen molar-refractivity contribution in [3.63, 3.8) is 0 Å². The van der Waals surface area contributed by atoms with Gasteiger partial charge in [0.1, 0.15) is 0 Å². The predicted molar refractivity (Wildman–Crippen MR) is 72.7 cm³/mol. The maximum absolute atomic E-state index is 10.7. The van der Waals surface area contributed by atoms with Crippen LogP contribution in [0.3, 0.4) is 0 Å². The van der Waals surface area contributed by atoms with Crippen LogP contribution in [0.25, 0.3) is 0 Å². The van der Waals surface area contributed by atoms with Crippen molar-refractivity contribution in [2.75, 3.05) is 5.32 Å². The van der Waals surface area contributed by atoms with Gasteiger partial charge in [0.05, 0.1) is 4.92 Å². The molecule has 0 heterocycles. The Labute approximate surface area is 108 Å². The van der Waals surface area contributed by atoms with Crippen molar-refractivity contribution in [2.45, 2.75) is 39.2 Å². The van der Waals surface area contributed by atoms with Gasteiger partial charge < -0.3 is 5.32 Å². The van der Waals surface area contributed by atoms with Crippen molar-refractivity contribution >= 4 is 11.4 Å². The summed E-state index contributed by atoms with van der Waals surface area (Å²) in [5.74, 6) is 1.33. The standard InChI is InChI=1S/C14H20N2O2/c1-10-5-3-8-14(11(10)2)15-12-6-4-7-13(9-12)16(17)18/h4,6-7,9-11,14-15H,3,5,8H2,1-2H3. The van der Waals surface area contributed by atoms with Crippen LogP contribution < -0.4 is 5.32 Å². The summed E-state index contributed by atoms with van der Waals surface area (Å²) in [6.45, 7) is 4.55. The predicted octanol–water partition coefficient (Wildman–Crippen LogP) is 3.83. The van der Waals surface area contributed by atoms with E-state index in [0.29, 0.717) is 12.0 Å². The van der Waals surface area contributed by atoms with Gasteiger partial charge in [-0.2, -0.15) is 0 Å². The molecule has 18 heavy (non-hydrogen) atoms. The highest BCUT2D eigenvalue weighted by Gasteiger charge is 2.26. The van der Waals surface area contributed by atoms with Crippen LogP contribution in [0.5, 0.6) is 0 Å². The number of nitro groups is 1. The van der Waals surface area contributed by atoms with Gasteiger partial charge in [0.25, 0.3) is 5.69 Å². The first kappa shape index (κ1) is 12.9. The molecule has 3 atom stereocenters. The van der Waals surface area contributed by atoms with Crippen LogP contribution in [0.1, 0.15) is 33.1 Å². The first-order valence-corrected chi connectivity index (χ1v) is 6.59. The first-order chi connectivity index (χ1) is 8.58. The van der Waals surface area contributed by atoms with Crippen LogP contribution in [0.15, 0.2) is 24.3 Å². The van der Waals surface area contributed by atoms with Gasteiger partial charge in [-0.1, -0.05) is 32.8 Å². The molecule has 0 spiro atoms. The molecule has 1 aromatic carbocycles. The Bertz CT molecular complexity index is 434. The Morgan fingerprint density at radius 3 is 2.83 bits per heavy atom. The molecule has 0 amide bonds. The molecule has 1 aliphatic rings. The fraction of sp³-hybridized carbons (Fsp3) is 0.571. The van der Waals surface area contributed by atoms with E-state index in [0.717, 1.165) is 18.0 Å². The molecule has 0 aromatic heterocycles. The number of nitrogens with zero attached hydrogens (tertiary/aromatic N) is 1. The molecule has 4 heteroatoms. The topological polar surface area (TPSA) is 55.2 Å². The zero-order chi connectivity index (χ0) is 13.1. The zero-order valence-electron chi connectivity index (χ0n) is 10.9. The number of hydrogen-bond acceptors (Lipinski definition) is 3. The van der Waals surface area contributed by atoms with Crippen LogP contribution in [0, 0.1) is 22.0 Å². The number of nitrogens with one attached hydrogen (secondary N) is 1. The van der Waals surface area contributed by atoms with E-state index in [4.69, 9.17) is 0 Å². The highest BCUT2D eigenvalue weighted by atomic mass is 16.6. The van der Waals surface area contributed by atoms with Crippen LogP contribution in [-0.4, -0.2) is 11.0 Å². The second-order valence-electron chi connectivity index (χ2n) is 5.33. The van der Waals surface area contributed by atoms with Gasteiger partial charge in [0.2, 0.25) is 0 Å². The number of benzene rings is 1. The van der Waals surface area contributed by atoms with Crippen molar-refractivity contribution in [3.05, 3.63) is 34.4 Å². The van der Waals surface area contributed by atoms with Crippen LogP contribution in [-0.2, 0) is 0 Å². The van der Waals surface area contributed by atoms with Crippen LogP contribution in [0.2, 0.25) is 0 Å². The molecule has 0 aliphatic heterocycles.